The largest absolute Gasteiger partial charge is 0.493 e. The molecule has 1 amide bonds. The molecule has 2 aliphatic heterocycles. The number of nitriles is 1. The zero-order valence-corrected chi connectivity index (χ0v) is 17.5. The number of ether oxygens (including phenoxy) is 3. The van der Waals surface area contributed by atoms with Crippen LogP contribution in [0.25, 0.3) is 0 Å². The first-order valence-corrected chi connectivity index (χ1v) is 10.1. The molecule has 8 nitrogen and oxygen atoms in total. The first kappa shape index (κ1) is 20.2. The van der Waals surface area contributed by atoms with Crippen LogP contribution in [-0.2, 0) is 10.5 Å². The Morgan fingerprint density at radius 2 is 1.97 bits per heavy atom. The number of thioether (sulfide) groups is 1. The molecule has 156 valence electrons. The third-order valence-corrected chi connectivity index (χ3v) is 6.54. The Balaban J connectivity index is 1.83. The highest BCUT2D eigenvalue weighted by Gasteiger charge is 2.53. The molecule has 3 heterocycles. The van der Waals surface area contributed by atoms with Crippen LogP contribution in [0, 0.1) is 11.3 Å². The van der Waals surface area contributed by atoms with E-state index in [-0.39, 0.29) is 23.8 Å². The highest BCUT2D eigenvalue weighted by Crippen LogP contribution is 2.52. The number of methoxy groups -OCH3 is 3. The summed E-state index contributed by atoms with van der Waals surface area (Å²) in [6.07, 6.45) is 1.45. The summed E-state index contributed by atoms with van der Waals surface area (Å²) in [4.78, 5) is 14.4. The quantitative estimate of drug-likeness (QED) is 0.775. The van der Waals surface area contributed by atoms with Gasteiger partial charge in [0.05, 0.1) is 50.0 Å². The number of allylic oxidation sites excluding steroid dienone is 1. The molecule has 2 aromatic rings. The Labute approximate surface area is 177 Å². The molecule has 2 unspecified atom stereocenters. The Morgan fingerprint density at radius 3 is 2.50 bits per heavy atom. The summed E-state index contributed by atoms with van der Waals surface area (Å²) in [5.74, 6) is 0.947. The van der Waals surface area contributed by atoms with Gasteiger partial charge < -0.3 is 23.7 Å². The molecule has 4 rings (SSSR count). The number of furan rings is 1. The fraction of sp³-hybridized carbons (Fsp3) is 0.333. The molecule has 0 aliphatic carbocycles. The molecular formula is C21H20N2O6S. The number of hydrogen-bond acceptors (Lipinski definition) is 8. The van der Waals surface area contributed by atoms with Crippen molar-refractivity contribution in [3.63, 3.8) is 0 Å². The topological polar surface area (TPSA) is 105 Å². The summed E-state index contributed by atoms with van der Waals surface area (Å²) in [6.45, 7) is 0. The molecule has 0 bridgehead atoms. The van der Waals surface area contributed by atoms with Crippen molar-refractivity contribution in [3.8, 4) is 23.3 Å². The van der Waals surface area contributed by atoms with E-state index in [2.05, 4.69) is 6.07 Å². The fourth-order valence-electron chi connectivity index (χ4n) is 3.90. The van der Waals surface area contributed by atoms with Gasteiger partial charge in [0, 0.05) is 12.3 Å². The number of carbonyl (C=O) groups excluding carboxylic acids is 1. The van der Waals surface area contributed by atoms with Crippen LogP contribution in [-0.4, -0.2) is 43.0 Å². The average molecular weight is 428 g/mol. The van der Waals surface area contributed by atoms with Gasteiger partial charge in [0.2, 0.25) is 17.4 Å². The van der Waals surface area contributed by atoms with Gasteiger partial charge in [-0.1, -0.05) is 0 Å². The predicted octanol–water partition coefficient (Wildman–Crippen LogP) is 2.95. The van der Waals surface area contributed by atoms with Crippen LogP contribution >= 0.6 is 11.8 Å². The molecule has 0 spiro atoms. The van der Waals surface area contributed by atoms with Crippen molar-refractivity contribution >= 4 is 17.7 Å². The number of nitrogens with zero attached hydrogens (tertiary/aromatic N) is 2. The number of amides is 1. The van der Waals surface area contributed by atoms with E-state index in [1.807, 2.05) is 0 Å². The smallest absolute Gasteiger partial charge is 0.231 e. The predicted molar refractivity (Wildman–Crippen MR) is 108 cm³/mol. The molecule has 0 saturated carbocycles. The van der Waals surface area contributed by atoms with Gasteiger partial charge in [-0.05, 0) is 29.8 Å². The van der Waals surface area contributed by atoms with Gasteiger partial charge in [-0.3, -0.25) is 9.69 Å². The summed E-state index contributed by atoms with van der Waals surface area (Å²) in [5, 5.41) is 21.6. The molecule has 30 heavy (non-hydrogen) atoms. The van der Waals surface area contributed by atoms with Crippen molar-refractivity contribution in [2.75, 3.05) is 27.1 Å². The summed E-state index contributed by atoms with van der Waals surface area (Å²) >= 11 is 1.26. The molecule has 1 N–H and O–H groups in total. The lowest BCUT2D eigenvalue weighted by molar-refractivity contribution is -0.152. The number of hydrogen-bond donors (Lipinski definition) is 1. The van der Waals surface area contributed by atoms with E-state index >= 15 is 0 Å². The van der Waals surface area contributed by atoms with Crippen molar-refractivity contribution in [2.24, 2.45) is 0 Å². The number of aliphatic hydroxyl groups is 1. The standard InChI is InChI=1S/C21H20N2O6S/c1-26-15-7-12(8-16(27-2)19(15)28-3)13-9-18(24)23-20(14(13)10-22)30-11-21(23,25)17-5-4-6-29-17/h4-8,13,25H,9,11H2,1-3H3. The van der Waals surface area contributed by atoms with Gasteiger partial charge in [-0.25, -0.2) is 0 Å². The van der Waals surface area contributed by atoms with Crippen LogP contribution < -0.4 is 14.2 Å². The zero-order valence-electron chi connectivity index (χ0n) is 16.7. The van der Waals surface area contributed by atoms with Crippen molar-refractivity contribution in [1.29, 1.82) is 5.26 Å². The second-order valence-electron chi connectivity index (χ2n) is 6.86. The highest BCUT2D eigenvalue weighted by molar-refractivity contribution is 8.03. The molecule has 1 aromatic heterocycles. The van der Waals surface area contributed by atoms with E-state index in [4.69, 9.17) is 18.6 Å². The van der Waals surface area contributed by atoms with E-state index in [0.717, 1.165) is 0 Å². The van der Waals surface area contributed by atoms with Gasteiger partial charge in [0.15, 0.2) is 17.3 Å². The molecule has 1 aromatic carbocycles. The van der Waals surface area contributed by atoms with E-state index < -0.39 is 11.6 Å². The molecule has 0 radical (unpaired) electrons. The maximum Gasteiger partial charge on any atom is 0.231 e. The summed E-state index contributed by atoms with van der Waals surface area (Å²) in [6, 6.07) is 8.99. The van der Waals surface area contributed by atoms with Crippen LogP contribution in [0.5, 0.6) is 17.2 Å². The maximum absolute atomic E-state index is 13.1. The van der Waals surface area contributed by atoms with Crippen LogP contribution in [0.2, 0.25) is 0 Å². The maximum atomic E-state index is 13.1. The van der Waals surface area contributed by atoms with Gasteiger partial charge in [0.1, 0.15) is 0 Å². The summed E-state index contributed by atoms with van der Waals surface area (Å²) < 4.78 is 21.6. The Bertz CT molecular complexity index is 1030. The van der Waals surface area contributed by atoms with Crippen LogP contribution in [0.4, 0.5) is 0 Å². The van der Waals surface area contributed by atoms with E-state index in [1.54, 1.807) is 24.3 Å². The van der Waals surface area contributed by atoms with Crippen LogP contribution in [0.15, 0.2) is 45.5 Å². The van der Waals surface area contributed by atoms with Crippen molar-refractivity contribution in [1.82, 2.24) is 4.90 Å². The Kier molecular flexibility index (Phi) is 5.13. The summed E-state index contributed by atoms with van der Waals surface area (Å²) in [7, 11) is 4.53. The van der Waals surface area contributed by atoms with Gasteiger partial charge in [-0.2, -0.15) is 5.26 Å². The lowest BCUT2D eigenvalue weighted by Crippen LogP contribution is -2.48. The average Bonchev–Trinajstić information content (AvgIpc) is 3.42. The second-order valence-corrected chi connectivity index (χ2v) is 7.82. The molecule has 1 saturated heterocycles. The first-order chi connectivity index (χ1) is 14.5. The number of fused-ring (bicyclic) bond motifs is 1. The van der Waals surface area contributed by atoms with Gasteiger partial charge in [0.25, 0.3) is 0 Å². The normalized spacial score (nSPS) is 23.2. The van der Waals surface area contributed by atoms with E-state index in [9.17, 15) is 15.2 Å². The minimum absolute atomic E-state index is 0.00854. The fourth-order valence-corrected chi connectivity index (χ4v) is 5.24. The minimum Gasteiger partial charge on any atom is -0.493 e. The van der Waals surface area contributed by atoms with Crippen molar-refractivity contribution < 1.29 is 28.5 Å². The zero-order chi connectivity index (χ0) is 21.5. The number of carbonyl (C=O) groups is 1. The second kappa shape index (κ2) is 7.63. The summed E-state index contributed by atoms with van der Waals surface area (Å²) in [5.41, 5.74) is -0.532. The number of benzene rings is 1. The minimum atomic E-state index is -1.62. The molecule has 2 aliphatic rings. The lowest BCUT2D eigenvalue weighted by Gasteiger charge is -2.36. The van der Waals surface area contributed by atoms with Crippen LogP contribution in [0.1, 0.15) is 23.7 Å². The van der Waals surface area contributed by atoms with Crippen molar-refractivity contribution in [2.45, 2.75) is 18.1 Å². The first-order valence-electron chi connectivity index (χ1n) is 9.14. The molecular weight excluding hydrogens is 408 g/mol. The third kappa shape index (κ3) is 2.91. The Morgan fingerprint density at radius 1 is 1.27 bits per heavy atom. The third-order valence-electron chi connectivity index (χ3n) is 5.32. The van der Waals surface area contributed by atoms with Crippen molar-refractivity contribution in [3.05, 3.63) is 52.5 Å². The lowest BCUT2D eigenvalue weighted by atomic mass is 9.85. The molecule has 2 atom stereocenters. The van der Waals surface area contributed by atoms with Crippen LogP contribution in [0.3, 0.4) is 0 Å². The molecule has 9 heteroatoms. The van der Waals surface area contributed by atoms with Gasteiger partial charge in [-0.15, -0.1) is 11.8 Å². The van der Waals surface area contributed by atoms with E-state index in [1.165, 1.54) is 44.3 Å². The van der Waals surface area contributed by atoms with Gasteiger partial charge >= 0.3 is 0 Å². The SMILES string of the molecule is COc1cc(C2CC(=O)N3C(=C2C#N)SCC3(O)c2ccco2)cc(OC)c1OC. The molecule has 1 fully saturated rings. The number of rotatable bonds is 5. The van der Waals surface area contributed by atoms with E-state index in [0.29, 0.717) is 33.4 Å². The highest BCUT2D eigenvalue weighted by atomic mass is 32.2. The monoisotopic (exact) mass is 428 g/mol. The Hall–Kier alpha value is -3.09.